The average Bonchev–Trinajstić information content (AvgIpc) is 3.85. The number of carbonyl (C=O) groups is 4. The van der Waals surface area contributed by atoms with Gasteiger partial charge in [-0.05, 0) is 148 Å². The van der Waals surface area contributed by atoms with E-state index in [1.165, 1.54) is 0 Å². The van der Waals surface area contributed by atoms with E-state index in [1.807, 2.05) is 0 Å². The van der Waals surface area contributed by atoms with Crippen LogP contribution in [0, 0.1) is 71.0 Å². The first-order chi connectivity index (χ1) is 25.0. The fraction of sp³-hybridized carbons (Fsp3) is 0.889. The molecule has 16 nitrogen and oxygen atoms in total. The van der Waals surface area contributed by atoms with E-state index < -0.39 is 47.5 Å². The van der Waals surface area contributed by atoms with Gasteiger partial charge >= 0.3 is 22.5 Å². The van der Waals surface area contributed by atoms with Gasteiger partial charge in [0.2, 0.25) is 0 Å². The molecule has 4 saturated carbocycles. The molecule has 17 heteroatoms. The Labute approximate surface area is 325 Å². The van der Waals surface area contributed by atoms with Gasteiger partial charge in [-0.25, -0.2) is 0 Å². The van der Waals surface area contributed by atoms with Crippen molar-refractivity contribution in [2.24, 2.45) is 71.0 Å². The van der Waals surface area contributed by atoms with E-state index >= 15 is 0 Å². The summed E-state index contributed by atoms with van der Waals surface area (Å²) < 4.78 is 0. The Kier molecular flexibility index (Phi) is 10.6. The maximum absolute atomic E-state index is 12.1. The molecule has 0 aromatic rings. The van der Waals surface area contributed by atoms with Gasteiger partial charge in [0.05, 0.1) is 24.7 Å². The van der Waals surface area contributed by atoms with Crippen molar-refractivity contribution in [2.75, 3.05) is 0 Å². The van der Waals surface area contributed by atoms with Crippen LogP contribution in [0.5, 0.6) is 0 Å². The van der Waals surface area contributed by atoms with E-state index in [1.54, 1.807) is 0 Å². The molecule has 0 spiro atoms. The molecule has 9 aliphatic rings. The SMILES string of the molecule is O=C([O-])C1CCC2C3[N-]C(NC4NC(NC5[N-]C(NC6NC(N3)C3CC(C(=O)[O-])CCC63)C3CC(C(=O)[O-])CCC53)C3CC(C(=O)[O-])CCC43)C2C1.[Co+2].[H+].[H+].[H+].[H+]. The summed E-state index contributed by atoms with van der Waals surface area (Å²) in [5.74, 6) is -6.25. The van der Waals surface area contributed by atoms with Crippen molar-refractivity contribution in [3.05, 3.63) is 10.6 Å². The van der Waals surface area contributed by atoms with Crippen molar-refractivity contribution in [2.45, 2.75) is 126 Å². The van der Waals surface area contributed by atoms with E-state index in [9.17, 15) is 39.6 Å². The molecule has 0 aromatic heterocycles. The molecule has 6 N–H and O–H groups in total. The Morgan fingerprint density at radius 2 is 0.642 bits per heavy atom. The molecule has 20 atom stereocenters. The third-order valence-electron chi connectivity index (χ3n) is 15.3. The fourth-order valence-corrected chi connectivity index (χ4v) is 12.6. The smallest absolute Gasteiger partial charge is 0.632 e. The van der Waals surface area contributed by atoms with Crippen LogP contribution in [0.3, 0.4) is 0 Å². The number of nitrogens with one attached hydrogen (secondary N) is 6. The predicted octanol–water partition coefficient (Wildman–Crippen LogP) is -3.47. The van der Waals surface area contributed by atoms with Crippen molar-refractivity contribution in [3.63, 3.8) is 0 Å². The number of aliphatic carboxylic acids is 4. The standard InChI is InChI=1S/C36H54N8O8.Co/c45-33(46)13-1-5-17-21(9-13)29-37-25(17)41-30-22-10-14(34(47)48)2-6-18(22)27(38-30)43-32-24-12-16(36(51)52)4-8-20(24)28(40-32)44-31-23-11-15(35(49)50)3-7-19(23)26(39-31)42-29;/h13-32,37,40-44H,1-12H2,(H,45,46)(H,47,48)(H,49,50)(H,51,52);/q-2;+2. The first-order valence-electron chi connectivity index (χ1n) is 19.8. The second-order valence-corrected chi connectivity index (χ2v) is 17.6. The van der Waals surface area contributed by atoms with Crippen molar-refractivity contribution in [1.82, 2.24) is 31.9 Å². The number of hydrogen-bond acceptors (Lipinski definition) is 14. The second kappa shape index (κ2) is 14.9. The predicted molar refractivity (Wildman–Crippen MR) is 178 cm³/mol. The molecule has 295 valence electrons. The zero-order valence-corrected chi connectivity index (χ0v) is 30.6. The largest absolute Gasteiger partial charge is 2.00 e. The Morgan fingerprint density at radius 3 is 0.962 bits per heavy atom. The topological polar surface area (TPSA) is 261 Å². The summed E-state index contributed by atoms with van der Waals surface area (Å²) in [7, 11) is 0. The molecule has 8 bridgehead atoms. The molecule has 0 aromatic carbocycles. The summed E-state index contributed by atoms with van der Waals surface area (Å²) in [4.78, 5) is 48.5. The summed E-state index contributed by atoms with van der Waals surface area (Å²) in [6, 6.07) is 0. The van der Waals surface area contributed by atoms with Crippen LogP contribution in [0.2, 0.25) is 0 Å². The van der Waals surface area contributed by atoms with Crippen LogP contribution >= 0.6 is 0 Å². The number of carboxylic acid groups (broad SMARTS) is 4. The van der Waals surface area contributed by atoms with Gasteiger partial charge in [0.25, 0.3) is 0 Å². The van der Waals surface area contributed by atoms with E-state index in [4.69, 9.17) is 10.6 Å². The molecule has 5 heterocycles. The minimum atomic E-state index is -1.04. The second-order valence-electron chi connectivity index (χ2n) is 17.6. The summed E-state index contributed by atoms with van der Waals surface area (Å²) in [5, 5.41) is 81.9. The van der Waals surface area contributed by atoms with Gasteiger partial charge in [0.15, 0.2) is 0 Å². The van der Waals surface area contributed by atoms with Gasteiger partial charge in [-0.2, -0.15) is 0 Å². The number of nitrogens with zero attached hydrogens (tertiary/aromatic N) is 2. The van der Waals surface area contributed by atoms with Gasteiger partial charge in [-0.15, -0.1) is 0 Å². The van der Waals surface area contributed by atoms with E-state index in [-0.39, 0.29) is 119 Å². The van der Waals surface area contributed by atoms with Crippen LogP contribution in [0.1, 0.15) is 82.8 Å². The van der Waals surface area contributed by atoms with Gasteiger partial charge in [-0.3, -0.25) is 10.6 Å². The number of rotatable bonds is 4. The Bertz CT molecular complexity index is 1260. The average molecular weight is 786 g/mol. The molecule has 53 heavy (non-hydrogen) atoms. The van der Waals surface area contributed by atoms with Gasteiger partial charge in [0, 0.05) is 23.9 Å². The molecule has 20 unspecified atom stereocenters. The van der Waals surface area contributed by atoms with Crippen molar-refractivity contribution >= 4 is 23.9 Å². The van der Waals surface area contributed by atoms with Crippen LogP contribution < -0.4 is 52.3 Å². The maximum Gasteiger partial charge on any atom is 2.00 e. The van der Waals surface area contributed by atoms with Crippen LogP contribution in [0.15, 0.2) is 0 Å². The van der Waals surface area contributed by atoms with Crippen molar-refractivity contribution in [1.29, 1.82) is 0 Å². The first kappa shape index (κ1) is 38.0. The van der Waals surface area contributed by atoms with Gasteiger partial charge < -0.3 is 71.5 Å². The number of fused-ring (bicyclic) bond motifs is 20. The van der Waals surface area contributed by atoms with Gasteiger partial charge in [-0.1, -0.05) is 24.7 Å². The van der Waals surface area contributed by atoms with Crippen LogP contribution in [0.4, 0.5) is 0 Å². The number of carboxylic acids is 4. The molecular weight excluding hydrogens is 731 g/mol. The molecule has 1 radical (unpaired) electrons. The van der Waals surface area contributed by atoms with Gasteiger partial charge in [0.1, 0.15) is 0 Å². The molecule has 0 amide bonds. The number of hydrogen-bond donors (Lipinski definition) is 6. The zero-order valence-electron chi connectivity index (χ0n) is 33.5. The van der Waals surface area contributed by atoms with Crippen LogP contribution in [-0.2, 0) is 36.0 Å². The molecule has 9 rings (SSSR count). The Morgan fingerprint density at radius 1 is 0.377 bits per heavy atom. The van der Waals surface area contributed by atoms with E-state index in [0.717, 1.165) is 0 Å². The molecule has 5 aliphatic heterocycles. The minimum absolute atomic E-state index is 0. The molecule has 9 fully saturated rings. The Hall–Kier alpha value is -1.93. The summed E-state index contributed by atoms with van der Waals surface area (Å²) in [5.41, 5.74) is 0. The fourth-order valence-electron chi connectivity index (χ4n) is 12.6. The quantitative estimate of drug-likeness (QED) is 0.162. The normalized spacial score (nSPS) is 51.5. The van der Waals surface area contributed by atoms with E-state index in [2.05, 4.69) is 31.9 Å². The molecule has 5 saturated heterocycles. The summed E-state index contributed by atoms with van der Waals surface area (Å²) in [6.45, 7) is 0. The minimum Gasteiger partial charge on any atom is -0.632 e. The first-order valence-corrected chi connectivity index (χ1v) is 19.8. The summed E-state index contributed by atoms with van der Waals surface area (Å²) >= 11 is 0. The molecular formula is C36H54CoN8O8. The zero-order chi connectivity index (χ0) is 36.0. The maximum atomic E-state index is 12.1. The third-order valence-corrected chi connectivity index (χ3v) is 15.3. The number of carbonyl (C=O) groups excluding carboxylic acids is 4. The van der Waals surface area contributed by atoms with Crippen molar-refractivity contribution in [3.8, 4) is 0 Å². The van der Waals surface area contributed by atoms with Crippen LogP contribution in [0.25, 0.3) is 10.6 Å². The summed E-state index contributed by atoms with van der Waals surface area (Å²) in [6.07, 6.45) is 4.27. The monoisotopic (exact) mass is 785 g/mol. The van der Waals surface area contributed by atoms with Crippen LogP contribution in [-0.4, -0.2) is 73.2 Å². The van der Waals surface area contributed by atoms with E-state index in [0.29, 0.717) is 77.0 Å². The van der Waals surface area contributed by atoms with Crippen molar-refractivity contribution < 1.29 is 62.1 Å². The Balaban J connectivity index is 0.00000144. The molecule has 4 aliphatic carbocycles. The third kappa shape index (κ3) is 6.84.